The summed E-state index contributed by atoms with van der Waals surface area (Å²) in [5.41, 5.74) is 2.25. The van der Waals surface area contributed by atoms with Crippen LogP contribution in [0.25, 0.3) is 0 Å². The normalized spacial score (nSPS) is 17.0. The van der Waals surface area contributed by atoms with E-state index in [0.29, 0.717) is 6.54 Å². The van der Waals surface area contributed by atoms with Crippen molar-refractivity contribution in [1.29, 1.82) is 0 Å². The second-order valence-electron chi connectivity index (χ2n) is 5.48. The van der Waals surface area contributed by atoms with Crippen LogP contribution in [0.4, 0.5) is 0 Å². The Kier molecular flexibility index (Phi) is 6.48. The van der Waals surface area contributed by atoms with Crippen LogP contribution < -0.4 is 4.72 Å². The summed E-state index contributed by atoms with van der Waals surface area (Å²) in [6, 6.07) is 8.14. The number of halogens is 1. The molecule has 0 aliphatic carbocycles. The Labute approximate surface area is 132 Å². The van der Waals surface area contributed by atoms with Gasteiger partial charge in [-0.1, -0.05) is 30.7 Å². The molecule has 4 nitrogen and oxygen atoms in total. The number of likely N-dealkylation sites (tertiary alicyclic amines) is 1. The van der Waals surface area contributed by atoms with Crippen molar-refractivity contribution in [3.8, 4) is 0 Å². The molecule has 0 saturated carbocycles. The lowest BCUT2D eigenvalue weighted by Gasteiger charge is -2.26. The number of hydrogen-bond donors (Lipinski definition) is 1. The third-order valence-electron chi connectivity index (χ3n) is 3.72. The van der Waals surface area contributed by atoms with Crippen LogP contribution >= 0.6 is 11.6 Å². The van der Waals surface area contributed by atoms with E-state index >= 15 is 0 Å². The Morgan fingerprint density at radius 2 is 1.67 bits per heavy atom. The van der Waals surface area contributed by atoms with Crippen LogP contribution in [0.15, 0.2) is 24.3 Å². The van der Waals surface area contributed by atoms with Crippen molar-refractivity contribution in [3.05, 3.63) is 35.4 Å². The molecule has 0 radical (unpaired) electrons. The summed E-state index contributed by atoms with van der Waals surface area (Å²) in [6.07, 6.45) is 3.93. The van der Waals surface area contributed by atoms with E-state index in [2.05, 4.69) is 21.8 Å². The molecule has 1 aromatic rings. The highest BCUT2D eigenvalue weighted by molar-refractivity contribution is 7.89. The summed E-state index contributed by atoms with van der Waals surface area (Å²) in [5.74, 6) is 0.0751. The lowest BCUT2D eigenvalue weighted by atomic mass is 10.1. The van der Waals surface area contributed by atoms with Crippen LogP contribution in [0.2, 0.25) is 0 Å². The van der Waals surface area contributed by atoms with E-state index in [1.165, 1.54) is 37.9 Å². The zero-order valence-corrected chi connectivity index (χ0v) is 13.8. The highest BCUT2D eigenvalue weighted by Gasteiger charge is 2.11. The molecule has 1 aliphatic rings. The molecule has 0 unspecified atom stereocenters. The quantitative estimate of drug-likeness (QED) is 0.781. The highest BCUT2D eigenvalue weighted by atomic mass is 35.5. The standard InChI is InChI=1S/C15H23ClN2O2S/c16-8-11-21(19,20)17-12-14-4-6-15(7-5-14)13-18-9-2-1-3-10-18/h4-7,17H,1-3,8-13H2. The molecule has 0 atom stereocenters. The lowest BCUT2D eigenvalue weighted by Crippen LogP contribution is -2.29. The first-order valence-electron chi connectivity index (χ1n) is 7.42. The minimum absolute atomic E-state index is 0.0401. The van der Waals surface area contributed by atoms with Crippen LogP contribution in [0.1, 0.15) is 30.4 Å². The van der Waals surface area contributed by atoms with Gasteiger partial charge in [0.05, 0.1) is 5.75 Å². The summed E-state index contributed by atoms with van der Waals surface area (Å²) in [7, 11) is -3.25. The molecular weight excluding hydrogens is 308 g/mol. The van der Waals surface area contributed by atoms with Gasteiger partial charge in [0.2, 0.25) is 10.0 Å². The van der Waals surface area contributed by atoms with Gasteiger partial charge in [0, 0.05) is 19.0 Å². The van der Waals surface area contributed by atoms with Gasteiger partial charge in [0.15, 0.2) is 0 Å². The van der Waals surface area contributed by atoms with Crippen molar-refractivity contribution in [1.82, 2.24) is 9.62 Å². The Balaban J connectivity index is 1.84. The third-order valence-corrected chi connectivity index (χ3v) is 5.46. The maximum absolute atomic E-state index is 11.5. The van der Waals surface area contributed by atoms with Crippen LogP contribution in [0, 0.1) is 0 Å². The molecule has 0 aromatic heterocycles. The van der Waals surface area contributed by atoms with E-state index in [4.69, 9.17) is 11.6 Å². The van der Waals surface area contributed by atoms with Crippen LogP contribution in [0.5, 0.6) is 0 Å². The van der Waals surface area contributed by atoms with E-state index in [1.807, 2.05) is 12.1 Å². The number of alkyl halides is 1. The van der Waals surface area contributed by atoms with Crippen molar-refractivity contribution in [2.75, 3.05) is 24.7 Å². The average molecular weight is 331 g/mol. The summed E-state index contributed by atoms with van der Waals surface area (Å²) in [4.78, 5) is 2.47. The van der Waals surface area contributed by atoms with Gasteiger partial charge in [0.25, 0.3) is 0 Å². The van der Waals surface area contributed by atoms with Crippen LogP contribution in [0.3, 0.4) is 0 Å². The summed E-state index contributed by atoms with van der Waals surface area (Å²) in [6.45, 7) is 3.67. The fourth-order valence-corrected chi connectivity index (χ4v) is 3.85. The third kappa shape index (κ3) is 5.94. The van der Waals surface area contributed by atoms with Crippen LogP contribution in [-0.4, -0.2) is 38.0 Å². The minimum atomic E-state index is -3.25. The van der Waals surface area contributed by atoms with Gasteiger partial charge in [-0.15, -0.1) is 11.6 Å². The van der Waals surface area contributed by atoms with E-state index in [-0.39, 0.29) is 11.6 Å². The van der Waals surface area contributed by atoms with E-state index in [1.54, 1.807) is 0 Å². The lowest BCUT2D eigenvalue weighted by molar-refractivity contribution is 0.221. The molecule has 1 heterocycles. The molecule has 1 fully saturated rings. The summed E-state index contributed by atoms with van der Waals surface area (Å²) >= 11 is 5.46. The molecule has 6 heteroatoms. The molecule has 0 spiro atoms. The Bertz CT molecular complexity index is 525. The fourth-order valence-electron chi connectivity index (χ4n) is 2.51. The predicted octanol–water partition coefficient (Wildman–Crippen LogP) is 2.33. The number of nitrogens with one attached hydrogen (secondary N) is 1. The number of hydrogen-bond acceptors (Lipinski definition) is 3. The van der Waals surface area contributed by atoms with Crippen molar-refractivity contribution in [3.63, 3.8) is 0 Å². The molecule has 118 valence electrons. The Hall–Kier alpha value is -0.620. The first kappa shape index (κ1) is 16.7. The maximum Gasteiger partial charge on any atom is 0.213 e. The number of benzene rings is 1. The molecule has 1 N–H and O–H groups in total. The number of nitrogens with zero attached hydrogens (tertiary/aromatic N) is 1. The fraction of sp³-hybridized carbons (Fsp3) is 0.600. The molecule has 0 bridgehead atoms. The Morgan fingerprint density at radius 1 is 1.05 bits per heavy atom. The number of rotatable bonds is 7. The summed E-state index contributed by atoms with van der Waals surface area (Å²) in [5, 5.41) is 0. The first-order valence-corrected chi connectivity index (χ1v) is 9.61. The zero-order chi connectivity index (χ0) is 15.1. The van der Waals surface area contributed by atoms with Crippen molar-refractivity contribution < 1.29 is 8.42 Å². The average Bonchev–Trinajstić information content (AvgIpc) is 2.48. The van der Waals surface area contributed by atoms with Gasteiger partial charge < -0.3 is 0 Å². The van der Waals surface area contributed by atoms with Gasteiger partial charge >= 0.3 is 0 Å². The van der Waals surface area contributed by atoms with E-state index < -0.39 is 10.0 Å². The van der Waals surface area contributed by atoms with Crippen LogP contribution in [-0.2, 0) is 23.1 Å². The summed E-state index contributed by atoms with van der Waals surface area (Å²) < 4.78 is 25.6. The maximum atomic E-state index is 11.5. The molecule has 0 amide bonds. The highest BCUT2D eigenvalue weighted by Crippen LogP contribution is 2.13. The smallest absolute Gasteiger partial charge is 0.213 e. The van der Waals surface area contributed by atoms with Crippen molar-refractivity contribution in [2.24, 2.45) is 0 Å². The van der Waals surface area contributed by atoms with Gasteiger partial charge in [0.1, 0.15) is 0 Å². The van der Waals surface area contributed by atoms with Gasteiger partial charge in [-0.3, -0.25) is 4.90 Å². The SMILES string of the molecule is O=S(=O)(CCCl)NCc1ccc(CN2CCCCC2)cc1. The van der Waals surface area contributed by atoms with Gasteiger partial charge in [-0.25, -0.2) is 13.1 Å². The molecule has 1 aromatic carbocycles. The second-order valence-corrected chi connectivity index (χ2v) is 7.79. The molecule has 21 heavy (non-hydrogen) atoms. The van der Waals surface area contributed by atoms with Gasteiger partial charge in [-0.2, -0.15) is 0 Å². The monoisotopic (exact) mass is 330 g/mol. The largest absolute Gasteiger partial charge is 0.299 e. The zero-order valence-electron chi connectivity index (χ0n) is 12.2. The Morgan fingerprint density at radius 3 is 2.29 bits per heavy atom. The number of piperidine rings is 1. The molecule has 1 saturated heterocycles. The second kappa shape index (κ2) is 8.13. The molecule has 1 aliphatic heterocycles. The molecular formula is C15H23ClN2O2S. The van der Waals surface area contributed by atoms with Crippen molar-refractivity contribution in [2.45, 2.75) is 32.4 Å². The molecule has 2 rings (SSSR count). The van der Waals surface area contributed by atoms with E-state index in [9.17, 15) is 8.42 Å². The topological polar surface area (TPSA) is 49.4 Å². The van der Waals surface area contributed by atoms with Crippen molar-refractivity contribution >= 4 is 21.6 Å². The van der Waals surface area contributed by atoms with Gasteiger partial charge in [-0.05, 0) is 37.1 Å². The van der Waals surface area contributed by atoms with E-state index in [0.717, 1.165) is 12.1 Å². The number of sulfonamides is 1. The first-order chi connectivity index (χ1) is 10.1. The minimum Gasteiger partial charge on any atom is -0.299 e. The predicted molar refractivity (Wildman–Crippen MR) is 86.9 cm³/mol.